The summed E-state index contributed by atoms with van der Waals surface area (Å²) in [5.74, 6) is 0. The molecule has 0 amide bonds. The smallest absolute Gasteiger partial charge is 0.0320 e. The molecule has 102 valence electrons. The van der Waals surface area contributed by atoms with Gasteiger partial charge in [0, 0.05) is 11.7 Å². The van der Waals surface area contributed by atoms with Gasteiger partial charge in [-0.2, -0.15) is 0 Å². The first kappa shape index (κ1) is 15.0. The molecule has 0 aromatic heterocycles. The lowest BCUT2D eigenvalue weighted by molar-refractivity contribution is 0.210. The Labute approximate surface area is 112 Å². The maximum Gasteiger partial charge on any atom is 0.0320 e. The minimum Gasteiger partial charge on any atom is -0.399 e. The number of anilines is 1. The van der Waals surface area contributed by atoms with Crippen LogP contribution in [0.5, 0.6) is 0 Å². The predicted octanol–water partition coefficient (Wildman–Crippen LogP) is 2.60. The van der Waals surface area contributed by atoms with Gasteiger partial charge in [0.1, 0.15) is 0 Å². The highest BCUT2D eigenvalue weighted by Gasteiger charge is 2.13. The number of nitrogens with zero attached hydrogens (tertiary/aromatic N) is 2. The van der Waals surface area contributed by atoms with Crippen LogP contribution in [0.4, 0.5) is 5.69 Å². The molecule has 1 atom stereocenters. The van der Waals surface area contributed by atoms with Crippen LogP contribution in [-0.4, -0.2) is 43.5 Å². The summed E-state index contributed by atoms with van der Waals surface area (Å²) in [5, 5.41) is 0. The topological polar surface area (TPSA) is 32.5 Å². The van der Waals surface area contributed by atoms with Crippen molar-refractivity contribution in [3.05, 3.63) is 29.8 Å². The highest BCUT2D eigenvalue weighted by atomic mass is 15.1. The first-order chi connectivity index (χ1) is 8.54. The number of benzene rings is 1. The normalized spacial score (nSPS) is 13.2. The molecule has 1 rings (SSSR count). The molecule has 0 saturated heterocycles. The maximum absolute atomic E-state index is 5.85. The van der Waals surface area contributed by atoms with Crippen LogP contribution in [0.15, 0.2) is 24.3 Å². The lowest BCUT2D eigenvalue weighted by atomic mass is 10.1. The molecule has 18 heavy (non-hydrogen) atoms. The Kier molecular flexibility index (Phi) is 6.16. The van der Waals surface area contributed by atoms with Crippen LogP contribution in [0.1, 0.15) is 31.9 Å². The Balaban J connectivity index is 2.58. The average Bonchev–Trinajstić information content (AvgIpc) is 2.33. The third-order valence-corrected chi connectivity index (χ3v) is 3.40. The van der Waals surface area contributed by atoms with Crippen molar-refractivity contribution < 1.29 is 0 Å². The van der Waals surface area contributed by atoms with E-state index in [1.807, 2.05) is 12.1 Å². The fourth-order valence-electron chi connectivity index (χ4n) is 2.25. The molecular weight excluding hydrogens is 222 g/mol. The third kappa shape index (κ3) is 4.67. The number of rotatable bonds is 7. The standard InChI is InChI=1S/C15H27N3/c1-5-18(11-7-10-17(3)4)13(2)14-8-6-9-15(16)12-14/h6,8-9,12-13H,5,7,10-11,16H2,1-4H3. The maximum atomic E-state index is 5.85. The Bertz CT molecular complexity index is 349. The molecule has 1 aromatic rings. The highest BCUT2D eigenvalue weighted by molar-refractivity contribution is 5.41. The van der Waals surface area contributed by atoms with Crippen molar-refractivity contribution in [1.82, 2.24) is 9.80 Å². The minimum absolute atomic E-state index is 0.431. The van der Waals surface area contributed by atoms with Crippen molar-refractivity contribution in [3.8, 4) is 0 Å². The van der Waals surface area contributed by atoms with Crippen LogP contribution >= 0.6 is 0 Å². The Hall–Kier alpha value is -1.06. The van der Waals surface area contributed by atoms with Crippen molar-refractivity contribution in [2.24, 2.45) is 0 Å². The number of hydrogen-bond acceptors (Lipinski definition) is 3. The van der Waals surface area contributed by atoms with E-state index in [0.717, 1.165) is 25.3 Å². The van der Waals surface area contributed by atoms with Gasteiger partial charge in [0.2, 0.25) is 0 Å². The molecule has 0 saturated carbocycles. The summed E-state index contributed by atoms with van der Waals surface area (Å²) in [6, 6.07) is 8.66. The van der Waals surface area contributed by atoms with Crippen LogP contribution in [-0.2, 0) is 0 Å². The van der Waals surface area contributed by atoms with Gasteiger partial charge in [0.05, 0.1) is 0 Å². The molecule has 1 aromatic carbocycles. The molecule has 0 heterocycles. The van der Waals surface area contributed by atoms with Gasteiger partial charge in [-0.3, -0.25) is 4.90 Å². The number of hydrogen-bond donors (Lipinski definition) is 1. The first-order valence-corrected chi connectivity index (χ1v) is 6.78. The van der Waals surface area contributed by atoms with E-state index in [1.165, 1.54) is 12.0 Å². The summed E-state index contributed by atoms with van der Waals surface area (Å²) in [6.07, 6.45) is 1.20. The largest absolute Gasteiger partial charge is 0.399 e. The second kappa shape index (κ2) is 7.39. The van der Waals surface area contributed by atoms with E-state index >= 15 is 0 Å². The summed E-state index contributed by atoms with van der Waals surface area (Å²) < 4.78 is 0. The van der Waals surface area contributed by atoms with Gasteiger partial charge in [0.25, 0.3) is 0 Å². The van der Waals surface area contributed by atoms with E-state index in [9.17, 15) is 0 Å². The zero-order chi connectivity index (χ0) is 13.5. The summed E-state index contributed by atoms with van der Waals surface area (Å²) in [6.45, 7) is 7.82. The monoisotopic (exact) mass is 249 g/mol. The van der Waals surface area contributed by atoms with Gasteiger partial charge in [-0.25, -0.2) is 0 Å². The SMILES string of the molecule is CCN(CCCN(C)C)C(C)c1cccc(N)c1. The summed E-state index contributed by atoms with van der Waals surface area (Å²) in [5.41, 5.74) is 8.01. The summed E-state index contributed by atoms with van der Waals surface area (Å²) in [7, 11) is 4.25. The lowest BCUT2D eigenvalue weighted by Crippen LogP contribution is -2.30. The predicted molar refractivity (Wildman–Crippen MR) is 79.7 cm³/mol. The second-order valence-electron chi connectivity index (χ2n) is 5.13. The van der Waals surface area contributed by atoms with Crippen molar-refractivity contribution in [3.63, 3.8) is 0 Å². The van der Waals surface area contributed by atoms with E-state index in [1.54, 1.807) is 0 Å². The molecule has 2 N–H and O–H groups in total. The van der Waals surface area contributed by atoms with E-state index in [4.69, 9.17) is 5.73 Å². The molecule has 0 fully saturated rings. The highest BCUT2D eigenvalue weighted by Crippen LogP contribution is 2.21. The zero-order valence-electron chi connectivity index (χ0n) is 12.2. The van der Waals surface area contributed by atoms with E-state index in [-0.39, 0.29) is 0 Å². The van der Waals surface area contributed by atoms with Crippen LogP contribution in [0.2, 0.25) is 0 Å². The minimum atomic E-state index is 0.431. The molecule has 3 heteroatoms. The van der Waals surface area contributed by atoms with Gasteiger partial charge < -0.3 is 10.6 Å². The van der Waals surface area contributed by atoms with Crippen LogP contribution in [0.25, 0.3) is 0 Å². The molecule has 0 bridgehead atoms. The van der Waals surface area contributed by atoms with Crippen LogP contribution in [0, 0.1) is 0 Å². The number of nitrogens with two attached hydrogens (primary N) is 1. The Morgan fingerprint density at radius 2 is 1.94 bits per heavy atom. The second-order valence-corrected chi connectivity index (χ2v) is 5.13. The van der Waals surface area contributed by atoms with Gasteiger partial charge in [0.15, 0.2) is 0 Å². The first-order valence-electron chi connectivity index (χ1n) is 6.78. The fourth-order valence-corrected chi connectivity index (χ4v) is 2.25. The van der Waals surface area contributed by atoms with E-state index in [2.05, 4.69) is 49.9 Å². The van der Waals surface area contributed by atoms with Crippen molar-refractivity contribution in [2.45, 2.75) is 26.3 Å². The fraction of sp³-hybridized carbons (Fsp3) is 0.600. The molecule has 3 nitrogen and oxygen atoms in total. The average molecular weight is 249 g/mol. The van der Waals surface area contributed by atoms with Crippen LogP contribution in [0.3, 0.4) is 0 Å². The Morgan fingerprint density at radius 1 is 1.22 bits per heavy atom. The zero-order valence-corrected chi connectivity index (χ0v) is 12.2. The molecule has 0 radical (unpaired) electrons. The molecule has 0 aliphatic rings. The van der Waals surface area contributed by atoms with Gasteiger partial charge >= 0.3 is 0 Å². The van der Waals surface area contributed by atoms with E-state index < -0.39 is 0 Å². The molecule has 1 unspecified atom stereocenters. The third-order valence-electron chi connectivity index (χ3n) is 3.40. The molecule has 0 aliphatic carbocycles. The molecule has 0 spiro atoms. The van der Waals surface area contributed by atoms with Crippen LogP contribution < -0.4 is 5.73 Å². The van der Waals surface area contributed by atoms with Gasteiger partial charge in [-0.05, 0) is 64.8 Å². The number of nitrogen functional groups attached to an aromatic ring is 1. The quantitative estimate of drug-likeness (QED) is 0.754. The van der Waals surface area contributed by atoms with Gasteiger partial charge in [-0.1, -0.05) is 19.1 Å². The summed E-state index contributed by atoms with van der Waals surface area (Å²) in [4.78, 5) is 4.73. The summed E-state index contributed by atoms with van der Waals surface area (Å²) >= 11 is 0. The van der Waals surface area contributed by atoms with Crippen molar-refractivity contribution in [1.29, 1.82) is 0 Å². The van der Waals surface area contributed by atoms with Crippen molar-refractivity contribution >= 4 is 5.69 Å². The molecule has 0 aliphatic heterocycles. The Morgan fingerprint density at radius 3 is 2.50 bits per heavy atom. The van der Waals surface area contributed by atoms with Crippen molar-refractivity contribution in [2.75, 3.05) is 39.5 Å². The van der Waals surface area contributed by atoms with E-state index in [0.29, 0.717) is 6.04 Å². The lowest BCUT2D eigenvalue weighted by Gasteiger charge is -2.28. The van der Waals surface area contributed by atoms with Gasteiger partial charge in [-0.15, -0.1) is 0 Å². The molecular formula is C15H27N3.